The van der Waals surface area contributed by atoms with E-state index >= 15 is 0 Å². The molecule has 1 heterocycles. The number of hydrogen-bond donors (Lipinski definition) is 2. The smallest absolute Gasteiger partial charge is 0.337 e. The van der Waals surface area contributed by atoms with E-state index in [9.17, 15) is 4.79 Å². The van der Waals surface area contributed by atoms with Crippen molar-refractivity contribution in [3.05, 3.63) is 23.0 Å². The van der Waals surface area contributed by atoms with Gasteiger partial charge in [-0.25, -0.2) is 4.79 Å². The number of nitrogen functional groups attached to an aromatic ring is 1. The summed E-state index contributed by atoms with van der Waals surface area (Å²) < 4.78 is 4.95. The molecule has 6 heteroatoms. The number of aromatic carboxylic acids is 1. The molecule has 5 nitrogen and oxygen atoms in total. The number of rotatable bonds is 1. The number of fused-ring (bicyclic) bond motifs is 1. The predicted octanol–water partition coefficient (Wildman–Crippen LogP) is 1.76. The maximum absolute atomic E-state index is 10.7. The molecule has 0 aliphatic heterocycles. The number of nitrogens with two attached hydrogens (primary N) is 1. The second-order valence-corrected chi connectivity index (χ2v) is 3.00. The zero-order valence-electron chi connectivity index (χ0n) is 6.82. The van der Waals surface area contributed by atoms with Crippen LogP contribution in [-0.4, -0.2) is 16.1 Å². The topological polar surface area (TPSA) is 89.4 Å². The first-order valence-electron chi connectivity index (χ1n) is 3.67. The highest BCUT2D eigenvalue weighted by molar-refractivity contribution is 6.28. The van der Waals surface area contributed by atoms with Crippen LogP contribution in [0.1, 0.15) is 10.4 Å². The van der Waals surface area contributed by atoms with Crippen molar-refractivity contribution in [3.63, 3.8) is 0 Å². The minimum absolute atomic E-state index is 0.0229. The summed E-state index contributed by atoms with van der Waals surface area (Å²) in [5, 5.41) is 8.72. The molecule has 1 aromatic carbocycles. The van der Waals surface area contributed by atoms with Crippen LogP contribution in [-0.2, 0) is 0 Å². The zero-order chi connectivity index (χ0) is 10.3. The lowest BCUT2D eigenvalue weighted by Crippen LogP contribution is -2.01. The van der Waals surface area contributed by atoms with E-state index in [1.54, 1.807) is 0 Å². The third-order valence-corrected chi connectivity index (χ3v) is 1.93. The van der Waals surface area contributed by atoms with Crippen molar-refractivity contribution in [2.45, 2.75) is 0 Å². The molecule has 0 bridgehead atoms. The van der Waals surface area contributed by atoms with Crippen molar-refractivity contribution in [1.29, 1.82) is 0 Å². The first-order valence-corrected chi connectivity index (χ1v) is 4.04. The summed E-state index contributed by atoms with van der Waals surface area (Å²) in [6.07, 6.45) is 0. The number of carbonyl (C=O) groups is 1. The van der Waals surface area contributed by atoms with Gasteiger partial charge >= 0.3 is 5.97 Å². The van der Waals surface area contributed by atoms with Crippen LogP contribution >= 0.6 is 11.6 Å². The average Bonchev–Trinajstić information content (AvgIpc) is 2.42. The third-order valence-electron chi connectivity index (χ3n) is 1.76. The fourth-order valence-corrected chi connectivity index (χ4v) is 1.32. The number of hydrogen-bond acceptors (Lipinski definition) is 4. The molecule has 1 aromatic heterocycles. The molecular weight excluding hydrogens is 208 g/mol. The van der Waals surface area contributed by atoms with Gasteiger partial charge in [0.25, 0.3) is 5.35 Å². The Morgan fingerprint density at radius 3 is 2.93 bits per heavy atom. The molecule has 0 amide bonds. The summed E-state index contributed by atoms with van der Waals surface area (Å²) in [5.41, 5.74) is 6.35. The standard InChI is InChI=1S/C8H5ClN2O3/c9-8-11-5-2-4(10)3(7(12)13)1-6(5)14-8/h1-2H,10H2,(H,12,13). The summed E-state index contributed by atoms with van der Waals surface area (Å²) in [4.78, 5) is 14.5. The normalized spacial score (nSPS) is 10.6. The summed E-state index contributed by atoms with van der Waals surface area (Å²) in [7, 11) is 0. The third kappa shape index (κ3) is 1.27. The van der Waals surface area contributed by atoms with Gasteiger partial charge in [-0.15, -0.1) is 0 Å². The number of benzene rings is 1. The van der Waals surface area contributed by atoms with Gasteiger partial charge in [0.2, 0.25) is 0 Å². The zero-order valence-corrected chi connectivity index (χ0v) is 7.58. The molecule has 0 unspecified atom stereocenters. The Morgan fingerprint density at radius 1 is 1.57 bits per heavy atom. The first-order chi connectivity index (χ1) is 6.58. The van der Waals surface area contributed by atoms with Gasteiger partial charge in [-0.05, 0) is 23.7 Å². The molecule has 0 fully saturated rings. The Kier molecular flexibility index (Phi) is 1.82. The molecule has 2 rings (SSSR count). The second-order valence-electron chi connectivity index (χ2n) is 2.68. The van der Waals surface area contributed by atoms with E-state index < -0.39 is 5.97 Å². The Labute approximate surface area is 83.1 Å². The maximum Gasteiger partial charge on any atom is 0.337 e. The minimum atomic E-state index is -1.11. The highest BCUT2D eigenvalue weighted by Gasteiger charge is 2.12. The molecule has 0 saturated carbocycles. The molecular formula is C8H5ClN2O3. The SMILES string of the molecule is Nc1cc2nc(Cl)oc2cc1C(=O)O. The van der Waals surface area contributed by atoms with E-state index in [0.29, 0.717) is 11.1 Å². The molecule has 0 radical (unpaired) electrons. The van der Waals surface area contributed by atoms with Gasteiger partial charge < -0.3 is 15.3 Å². The van der Waals surface area contributed by atoms with Crippen molar-refractivity contribution >= 4 is 34.4 Å². The van der Waals surface area contributed by atoms with Crippen LogP contribution in [0.5, 0.6) is 0 Å². The van der Waals surface area contributed by atoms with E-state index in [0.717, 1.165) is 0 Å². The molecule has 0 atom stereocenters. The van der Waals surface area contributed by atoms with Crippen LogP contribution in [0.15, 0.2) is 16.5 Å². The van der Waals surface area contributed by atoms with E-state index in [4.69, 9.17) is 26.9 Å². The van der Waals surface area contributed by atoms with Gasteiger partial charge in [0.15, 0.2) is 5.58 Å². The van der Waals surface area contributed by atoms with Gasteiger partial charge in [-0.1, -0.05) is 0 Å². The summed E-state index contributed by atoms with van der Waals surface area (Å²) >= 11 is 5.50. The van der Waals surface area contributed by atoms with Crippen LogP contribution < -0.4 is 5.73 Å². The molecule has 72 valence electrons. The molecule has 3 N–H and O–H groups in total. The van der Waals surface area contributed by atoms with Crippen molar-refractivity contribution in [1.82, 2.24) is 4.98 Å². The Balaban J connectivity index is 2.76. The lowest BCUT2D eigenvalue weighted by Gasteiger charge is -1.98. The van der Waals surface area contributed by atoms with Crippen LogP contribution in [0.4, 0.5) is 5.69 Å². The van der Waals surface area contributed by atoms with Crippen molar-refractivity contribution in [2.24, 2.45) is 0 Å². The van der Waals surface area contributed by atoms with E-state index in [-0.39, 0.29) is 16.6 Å². The summed E-state index contributed by atoms with van der Waals surface area (Å²) in [6.45, 7) is 0. The van der Waals surface area contributed by atoms with Gasteiger partial charge in [0.05, 0.1) is 5.56 Å². The van der Waals surface area contributed by atoms with Crippen LogP contribution in [0, 0.1) is 0 Å². The molecule has 0 aliphatic rings. The average molecular weight is 213 g/mol. The maximum atomic E-state index is 10.7. The van der Waals surface area contributed by atoms with Crippen molar-refractivity contribution < 1.29 is 14.3 Å². The van der Waals surface area contributed by atoms with Gasteiger partial charge in [-0.2, -0.15) is 4.98 Å². The lowest BCUT2D eigenvalue weighted by molar-refractivity contribution is 0.0698. The number of anilines is 1. The number of carboxylic acids is 1. The number of halogens is 1. The number of nitrogens with zero attached hydrogens (tertiary/aromatic N) is 1. The quantitative estimate of drug-likeness (QED) is 0.703. The van der Waals surface area contributed by atoms with Crippen LogP contribution in [0.25, 0.3) is 11.1 Å². The second kappa shape index (κ2) is 2.88. The molecule has 0 aliphatic carbocycles. The van der Waals surface area contributed by atoms with Crippen molar-refractivity contribution in [2.75, 3.05) is 5.73 Å². The van der Waals surface area contributed by atoms with Crippen molar-refractivity contribution in [3.8, 4) is 0 Å². The van der Waals surface area contributed by atoms with Gasteiger partial charge in [-0.3, -0.25) is 0 Å². The molecule has 0 spiro atoms. The fourth-order valence-electron chi connectivity index (χ4n) is 1.15. The largest absolute Gasteiger partial charge is 0.478 e. The van der Waals surface area contributed by atoms with E-state index in [1.807, 2.05) is 0 Å². The van der Waals surface area contributed by atoms with E-state index in [1.165, 1.54) is 12.1 Å². The predicted molar refractivity (Wildman–Crippen MR) is 50.4 cm³/mol. The Bertz CT molecular complexity index is 521. The monoisotopic (exact) mass is 212 g/mol. The van der Waals surface area contributed by atoms with Gasteiger partial charge in [0.1, 0.15) is 5.52 Å². The first kappa shape index (κ1) is 8.83. The highest BCUT2D eigenvalue weighted by atomic mass is 35.5. The summed E-state index contributed by atoms with van der Waals surface area (Å²) in [5.74, 6) is -1.11. The van der Waals surface area contributed by atoms with E-state index in [2.05, 4.69) is 4.98 Å². The fraction of sp³-hybridized carbons (Fsp3) is 0. The van der Waals surface area contributed by atoms with Crippen LogP contribution in [0.3, 0.4) is 0 Å². The Hall–Kier alpha value is -1.75. The molecule has 14 heavy (non-hydrogen) atoms. The minimum Gasteiger partial charge on any atom is -0.478 e. The Morgan fingerprint density at radius 2 is 2.29 bits per heavy atom. The highest BCUT2D eigenvalue weighted by Crippen LogP contribution is 2.24. The lowest BCUT2D eigenvalue weighted by atomic mass is 10.1. The number of aromatic nitrogens is 1. The number of carboxylic acid groups (broad SMARTS) is 1. The molecule has 2 aromatic rings. The van der Waals surface area contributed by atoms with Crippen LogP contribution in [0.2, 0.25) is 5.35 Å². The summed E-state index contributed by atoms with van der Waals surface area (Å²) in [6, 6.07) is 2.71. The van der Waals surface area contributed by atoms with Gasteiger partial charge in [0, 0.05) is 5.69 Å². The molecule has 0 saturated heterocycles. The number of oxazole rings is 1.